The number of guanidine groups is 1. The normalized spacial score (nSPS) is 11.9. The number of benzene rings is 3. The van der Waals surface area contributed by atoms with Crippen LogP contribution in [0.4, 0.5) is 5.69 Å². The maximum absolute atomic E-state index is 13.3. The maximum atomic E-state index is 13.3. The number of amides is 1. The number of carbonyl (C=O) groups is 1. The Morgan fingerprint density at radius 2 is 1.56 bits per heavy atom. The Labute approximate surface area is 201 Å². The zero-order valence-corrected chi connectivity index (χ0v) is 19.5. The molecule has 0 radical (unpaired) electrons. The van der Waals surface area contributed by atoms with Crippen molar-refractivity contribution in [3.8, 4) is 0 Å². The first kappa shape index (κ1) is 25.1. The molecule has 5 N–H and O–H groups in total. The second kappa shape index (κ2) is 12.6. The largest absolute Gasteiger partial charge is 0.433 e. The zero-order valence-electron chi connectivity index (χ0n) is 19.5. The van der Waals surface area contributed by atoms with Gasteiger partial charge < -0.3 is 25.9 Å². The molecule has 0 spiro atoms. The van der Waals surface area contributed by atoms with Crippen molar-refractivity contribution in [3.05, 3.63) is 102 Å². The SMILES string of the molecule is CB(O)N=C(NCc1cccc(NC(=O)C(Cc2ccccc2)c2ccccc2)c1)NB(C)O. The van der Waals surface area contributed by atoms with E-state index < -0.39 is 14.1 Å². The average Bonchev–Trinajstić information content (AvgIpc) is 2.82. The fraction of sp³-hybridized carbons (Fsp3) is 0.200. The predicted molar refractivity (Wildman–Crippen MR) is 139 cm³/mol. The van der Waals surface area contributed by atoms with Crippen LogP contribution in [0.1, 0.15) is 22.6 Å². The fourth-order valence-electron chi connectivity index (χ4n) is 3.59. The number of carbonyl (C=O) groups excluding carboxylic acids is 1. The molecule has 0 aromatic heterocycles. The standard InChI is InChI=1S/C25H30B2N4O3/c1-26(33)30-25(31-27(2)34)28-18-20-12-9-15-22(16-20)29-24(32)23(21-13-7-4-8-14-21)17-19-10-5-3-6-11-19/h3-16,23,33-34H,17-18H2,1-2H3,(H,29,32)(H2,28,30,31). The van der Waals surface area contributed by atoms with E-state index in [9.17, 15) is 14.8 Å². The minimum atomic E-state index is -0.918. The molecule has 1 amide bonds. The molecular formula is C25H30B2N4O3. The summed E-state index contributed by atoms with van der Waals surface area (Å²) in [4.78, 5) is 17.3. The average molecular weight is 456 g/mol. The van der Waals surface area contributed by atoms with E-state index in [0.29, 0.717) is 18.7 Å². The Kier molecular flexibility index (Phi) is 9.31. The molecule has 1 unspecified atom stereocenters. The van der Waals surface area contributed by atoms with E-state index in [4.69, 9.17) is 0 Å². The van der Waals surface area contributed by atoms with Crippen LogP contribution in [0.3, 0.4) is 0 Å². The quantitative estimate of drug-likeness (QED) is 0.194. The Morgan fingerprint density at radius 1 is 0.912 bits per heavy atom. The summed E-state index contributed by atoms with van der Waals surface area (Å²) < 4.78 is 0. The lowest BCUT2D eigenvalue weighted by molar-refractivity contribution is -0.117. The van der Waals surface area contributed by atoms with E-state index in [-0.39, 0.29) is 17.8 Å². The molecule has 9 heteroatoms. The highest BCUT2D eigenvalue weighted by molar-refractivity contribution is 6.52. The van der Waals surface area contributed by atoms with Gasteiger partial charge in [0.1, 0.15) is 0 Å². The summed E-state index contributed by atoms with van der Waals surface area (Å²) in [7, 11) is -1.74. The molecule has 0 aliphatic rings. The van der Waals surface area contributed by atoms with Crippen molar-refractivity contribution in [1.29, 1.82) is 0 Å². The summed E-state index contributed by atoms with van der Waals surface area (Å²) in [6.07, 6.45) is 0.599. The van der Waals surface area contributed by atoms with Crippen molar-refractivity contribution >= 4 is 31.7 Å². The number of nitrogens with zero attached hydrogens (tertiary/aromatic N) is 1. The molecule has 174 valence electrons. The van der Waals surface area contributed by atoms with Gasteiger partial charge in [0.05, 0.1) is 5.92 Å². The monoisotopic (exact) mass is 456 g/mol. The number of anilines is 1. The van der Waals surface area contributed by atoms with E-state index in [2.05, 4.69) is 20.8 Å². The molecular weight excluding hydrogens is 426 g/mol. The van der Waals surface area contributed by atoms with Crippen LogP contribution >= 0.6 is 0 Å². The number of rotatable bonds is 9. The molecule has 0 bridgehead atoms. The Bertz CT molecular complexity index is 1080. The van der Waals surface area contributed by atoms with Gasteiger partial charge in [0.15, 0.2) is 5.96 Å². The zero-order chi connectivity index (χ0) is 24.3. The number of hydrogen-bond donors (Lipinski definition) is 5. The molecule has 0 aliphatic carbocycles. The van der Waals surface area contributed by atoms with Crippen LogP contribution in [0.5, 0.6) is 0 Å². The van der Waals surface area contributed by atoms with Crippen molar-refractivity contribution in [2.24, 2.45) is 4.90 Å². The van der Waals surface area contributed by atoms with Crippen molar-refractivity contribution in [3.63, 3.8) is 0 Å². The molecule has 3 aromatic rings. The molecule has 34 heavy (non-hydrogen) atoms. The summed E-state index contributed by atoms with van der Waals surface area (Å²) in [5.41, 5.74) is 3.66. The lowest BCUT2D eigenvalue weighted by Crippen LogP contribution is -2.45. The van der Waals surface area contributed by atoms with Crippen LogP contribution in [0.15, 0.2) is 89.8 Å². The van der Waals surface area contributed by atoms with Crippen LogP contribution in [0, 0.1) is 0 Å². The van der Waals surface area contributed by atoms with Gasteiger partial charge in [-0.3, -0.25) is 9.70 Å². The topological polar surface area (TPSA) is 106 Å². The summed E-state index contributed by atoms with van der Waals surface area (Å²) in [5, 5.41) is 28.0. The fourth-order valence-corrected chi connectivity index (χ4v) is 3.59. The number of hydrogen-bond acceptors (Lipinski definition) is 4. The number of nitrogens with one attached hydrogen (secondary N) is 3. The van der Waals surface area contributed by atoms with Crippen LogP contribution in [0.2, 0.25) is 13.6 Å². The first-order valence-electron chi connectivity index (χ1n) is 11.3. The highest BCUT2D eigenvalue weighted by Crippen LogP contribution is 2.23. The highest BCUT2D eigenvalue weighted by atomic mass is 16.2. The van der Waals surface area contributed by atoms with Crippen molar-refractivity contribution in [2.45, 2.75) is 32.5 Å². The Balaban J connectivity index is 1.72. The second-order valence-corrected chi connectivity index (χ2v) is 8.13. The molecule has 7 nitrogen and oxygen atoms in total. The van der Waals surface area contributed by atoms with E-state index in [0.717, 1.165) is 16.7 Å². The third kappa shape index (κ3) is 8.10. The first-order chi connectivity index (χ1) is 16.4. The molecule has 0 aliphatic heterocycles. The summed E-state index contributed by atoms with van der Waals surface area (Å²) in [6, 6.07) is 27.3. The van der Waals surface area contributed by atoms with Gasteiger partial charge in [0, 0.05) is 12.2 Å². The van der Waals surface area contributed by atoms with Crippen molar-refractivity contribution < 1.29 is 14.8 Å². The minimum Gasteiger partial charge on any atom is -0.433 e. The van der Waals surface area contributed by atoms with Crippen LogP contribution < -0.4 is 15.9 Å². The molecule has 3 aromatic carbocycles. The molecule has 0 saturated heterocycles. The van der Waals surface area contributed by atoms with E-state index in [1.807, 2.05) is 84.9 Å². The van der Waals surface area contributed by atoms with Crippen LogP contribution in [-0.2, 0) is 17.8 Å². The Hall–Kier alpha value is -3.55. The molecule has 3 rings (SSSR count). The van der Waals surface area contributed by atoms with Crippen molar-refractivity contribution in [1.82, 2.24) is 10.5 Å². The second-order valence-electron chi connectivity index (χ2n) is 8.13. The van der Waals surface area contributed by atoms with Gasteiger partial charge in [-0.25, -0.2) is 0 Å². The third-order valence-corrected chi connectivity index (χ3v) is 5.12. The summed E-state index contributed by atoms with van der Waals surface area (Å²) >= 11 is 0. The summed E-state index contributed by atoms with van der Waals surface area (Å²) in [6.45, 7) is 3.48. The molecule has 0 saturated carbocycles. The van der Waals surface area contributed by atoms with Gasteiger partial charge in [-0.15, -0.1) is 0 Å². The van der Waals surface area contributed by atoms with Gasteiger partial charge in [-0.2, -0.15) is 0 Å². The highest BCUT2D eigenvalue weighted by Gasteiger charge is 2.21. The molecule has 0 heterocycles. The molecule has 0 fully saturated rings. The lowest BCUT2D eigenvalue weighted by atomic mass is 9.88. The lowest BCUT2D eigenvalue weighted by Gasteiger charge is -2.18. The van der Waals surface area contributed by atoms with Gasteiger partial charge in [-0.05, 0) is 48.9 Å². The predicted octanol–water partition coefficient (Wildman–Crippen LogP) is 2.91. The van der Waals surface area contributed by atoms with Crippen LogP contribution in [0.25, 0.3) is 0 Å². The van der Waals surface area contributed by atoms with E-state index in [1.165, 1.54) is 6.82 Å². The van der Waals surface area contributed by atoms with Gasteiger partial charge in [-0.1, -0.05) is 72.8 Å². The molecule has 1 atom stereocenters. The van der Waals surface area contributed by atoms with Crippen molar-refractivity contribution in [2.75, 3.05) is 5.32 Å². The van der Waals surface area contributed by atoms with Gasteiger partial charge in [0.2, 0.25) is 5.91 Å². The van der Waals surface area contributed by atoms with Gasteiger partial charge >= 0.3 is 14.1 Å². The Morgan fingerprint density at radius 3 is 2.21 bits per heavy atom. The van der Waals surface area contributed by atoms with E-state index in [1.54, 1.807) is 6.82 Å². The summed E-state index contributed by atoms with van der Waals surface area (Å²) in [5.74, 6) is -0.121. The third-order valence-electron chi connectivity index (χ3n) is 5.12. The van der Waals surface area contributed by atoms with Gasteiger partial charge in [0.25, 0.3) is 0 Å². The first-order valence-corrected chi connectivity index (χ1v) is 11.3. The smallest absolute Gasteiger partial charge is 0.431 e. The van der Waals surface area contributed by atoms with E-state index >= 15 is 0 Å². The van der Waals surface area contributed by atoms with Crippen LogP contribution in [-0.4, -0.2) is 36.0 Å². The maximum Gasteiger partial charge on any atom is 0.431 e. The minimum absolute atomic E-state index is 0.0766.